The highest BCUT2D eigenvalue weighted by atomic mass is 16.6. The fourth-order valence-electron chi connectivity index (χ4n) is 1.94. The van der Waals surface area contributed by atoms with Crippen LogP contribution in [0.2, 0.25) is 0 Å². The number of hydrogen-bond donors (Lipinski definition) is 1. The Morgan fingerprint density at radius 3 is 2.50 bits per heavy atom. The van der Waals surface area contributed by atoms with Gasteiger partial charge in [-0.15, -0.1) is 0 Å². The molecule has 0 spiro atoms. The van der Waals surface area contributed by atoms with Crippen LogP contribution >= 0.6 is 0 Å². The summed E-state index contributed by atoms with van der Waals surface area (Å²) in [5, 5.41) is 21.7. The highest BCUT2D eigenvalue weighted by molar-refractivity contribution is 5.49. The largest absolute Gasteiger partial charge is 0.346 e. The summed E-state index contributed by atoms with van der Waals surface area (Å²) in [6, 6.07) is 7.24. The predicted molar refractivity (Wildman–Crippen MR) is 71.2 cm³/mol. The molecule has 0 saturated carbocycles. The maximum absolute atomic E-state index is 11.0. The molecular formula is C12H12N4O4. The normalized spacial score (nSPS) is 10.4. The molecular weight excluding hydrogens is 264 g/mol. The Morgan fingerprint density at radius 2 is 1.90 bits per heavy atom. The van der Waals surface area contributed by atoms with Gasteiger partial charge in [0.15, 0.2) is 0 Å². The first-order valence-corrected chi connectivity index (χ1v) is 5.78. The van der Waals surface area contributed by atoms with Crippen LogP contribution in [-0.4, -0.2) is 14.4 Å². The van der Waals surface area contributed by atoms with Crippen LogP contribution in [0.25, 0.3) is 0 Å². The lowest BCUT2D eigenvalue weighted by atomic mass is 10.1. The van der Waals surface area contributed by atoms with Crippen LogP contribution in [0.5, 0.6) is 0 Å². The number of nitro groups is 2. The van der Waals surface area contributed by atoms with E-state index in [4.69, 9.17) is 5.73 Å². The van der Waals surface area contributed by atoms with Gasteiger partial charge in [0.1, 0.15) is 0 Å². The number of non-ortho nitro benzene ring substituents is 1. The van der Waals surface area contributed by atoms with E-state index in [1.165, 1.54) is 12.1 Å². The number of rotatable bonds is 5. The summed E-state index contributed by atoms with van der Waals surface area (Å²) in [5.74, 6) is 0. The zero-order chi connectivity index (χ0) is 14.7. The molecule has 0 radical (unpaired) electrons. The zero-order valence-electron chi connectivity index (χ0n) is 10.4. The molecule has 0 atom stereocenters. The first-order valence-electron chi connectivity index (χ1n) is 5.78. The van der Waals surface area contributed by atoms with Crippen molar-refractivity contribution in [3.8, 4) is 0 Å². The van der Waals surface area contributed by atoms with Crippen molar-refractivity contribution in [2.45, 2.75) is 13.1 Å². The number of aromatic nitrogens is 1. The van der Waals surface area contributed by atoms with Gasteiger partial charge in [-0.05, 0) is 18.2 Å². The van der Waals surface area contributed by atoms with Gasteiger partial charge in [0.05, 0.1) is 22.5 Å². The minimum atomic E-state index is -0.655. The van der Waals surface area contributed by atoms with Crippen LogP contribution in [0.1, 0.15) is 11.3 Å². The Kier molecular flexibility index (Phi) is 3.76. The van der Waals surface area contributed by atoms with Gasteiger partial charge >= 0.3 is 0 Å². The molecule has 2 N–H and O–H groups in total. The Hall–Kier alpha value is -2.74. The third-order valence-electron chi connectivity index (χ3n) is 2.95. The molecule has 104 valence electrons. The molecule has 8 nitrogen and oxygen atoms in total. The zero-order valence-corrected chi connectivity index (χ0v) is 10.4. The molecule has 8 heteroatoms. The summed E-state index contributed by atoms with van der Waals surface area (Å²) in [6.45, 7) is 0.557. The second-order valence-corrected chi connectivity index (χ2v) is 4.16. The van der Waals surface area contributed by atoms with Gasteiger partial charge in [0.25, 0.3) is 11.4 Å². The highest BCUT2D eigenvalue weighted by Gasteiger charge is 2.19. The van der Waals surface area contributed by atoms with Crippen LogP contribution in [0.4, 0.5) is 11.4 Å². The van der Waals surface area contributed by atoms with Crippen molar-refractivity contribution in [2.24, 2.45) is 5.73 Å². The number of nitro benzene ring substituents is 2. The van der Waals surface area contributed by atoms with Crippen LogP contribution < -0.4 is 5.73 Å². The molecule has 1 heterocycles. The quantitative estimate of drug-likeness (QED) is 0.660. The average Bonchev–Trinajstić information content (AvgIpc) is 2.85. The Labute approximate surface area is 113 Å². The topological polar surface area (TPSA) is 117 Å². The molecule has 20 heavy (non-hydrogen) atoms. The Morgan fingerprint density at radius 1 is 1.15 bits per heavy atom. The van der Waals surface area contributed by atoms with E-state index in [2.05, 4.69) is 0 Å². The molecule has 0 fully saturated rings. The van der Waals surface area contributed by atoms with Crippen LogP contribution in [-0.2, 0) is 13.1 Å². The van der Waals surface area contributed by atoms with E-state index < -0.39 is 9.85 Å². The molecule has 0 unspecified atom stereocenters. The predicted octanol–water partition coefficient (Wildman–Crippen LogP) is 1.81. The van der Waals surface area contributed by atoms with E-state index in [-0.39, 0.29) is 17.9 Å². The Balaban J connectivity index is 2.41. The van der Waals surface area contributed by atoms with E-state index in [1.54, 1.807) is 16.8 Å². The molecule has 0 aliphatic carbocycles. The Bertz CT molecular complexity index is 665. The van der Waals surface area contributed by atoms with Crippen LogP contribution in [0, 0.1) is 20.2 Å². The van der Waals surface area contributed by atoms with Gasteiger partial charge in [0, 0.05) is 30.1 Å². The molecule has 2 aromatic rings. The van der Waals surface area contributed by atoms with Crippen molar-refractivity contribution in [3.05, 3.63) is 68.0 Å². The smallest absolute Gasteiger partial charge is 0.281 e. The van der Waals surface area contributed by atoms with E-state index >= 15 is 0 Å². The standard InChI is InChI=1S/C12H12N4O4/c13-7-11-2-1-5-14(11)8-9-3-4-10(15(17)18)6-12(9)16(19)20/h1-6H,7-8,13H2. The SMILES string of the molecule is NCc1cccn1Cc1ccc([N+](=O)[O-])cc1[N+](=O)[O-]. The van der Waals surface area contributed by atoms with E-state index in [9.17, 15) is 20.2 Å². The summed E-state index contributed by atoms with van der Waals surface area (Å²) in [5.41, 5.74) is 6.23. The molecule has 0 bridgehead atoms. The van der Waals surface area contributed by atoms with Crippen molar-refractivity contribution in [1.29, 1.82) is 0 Å². The lowest BCUT2D eigenvalue weighted by Gasteiger charge is -2.08. The third kappa shape index (κ3) is 2.64. The summed E-state index contributed by atoms with van der Waals surface area (Å²) in [4.78, 5) is 20.4. The summed E-state index contributed by atoms with van der Waals surface area (Å²) in [6.07, 6.45) is 1.76. The van der Waals surface area contributed by atoms with Gasteiger partial charge in [0.2, 0.25) is 0 Å². The highest BCUT2D eigenvalue weighted by Crippen LogP contribution is 2.25. The molecule has 0 saturated heterocycles. The molecule has 1 aromatic heterocycles. The summed E-state index contributed by atoms with van der Waals surface area (Å²) >= 11 is 0. The minimum Gasteiger partial charge on any atom is -0.346 e. The average molecular weight is 276 g/mol. The summed E-state index contributed by atoms with van der Waals surface area (Å²) in [7, 11) is 0. The van der Waals surface area contributed by atoms with Crippen molar-refractivity contribution in [2.75, 3.05) is 0 Å². The van der Waals surface area contributed by atoms with Crippen LogP contribution in [0.15, 0.2) is 36.5 Å². The third-order valence-corrected chi connectivity index (χ3v) is 2.95. The monoisotopic (exact) mass is 276 g/mol. The first-order chi connectivity index (χ1) is 9.52. The second kappa shape index (κ2) is 5.49. The molecule has 0 aliphatic heterocycles. The van der Waals surface area contributed by atoms with Gasteiger partial charge in [-0.1, -0.05) is 0 Å². The van der Waals surface area contributed by atoms with Gasteiger partial charge in [-0.25, -0.2) is 0 Å². The van der Waals surface area contributed by atoms with Crippen molar-refractivity contribution in [1.82, 2.24) is 4.57 Å². The van der Waals surface area contributed by atoms with Gasteiger partial charge in [-0.3, -0.25) is 20.2 Å². The number of benzene rings is 1. The fourth-order valence-corrected chi connectivity index (χ4v) is 1.94. The fraction of sp³-hybridized carbons (Fsp3) is 0.167. The van der Waals surface area contributed by atoms with Crippen molar-refractivity contribution < 1.29 is 9.85 Å². The second-order valence-electron chi connectivity index (χ2n) is 4.16. The molecule has 2 rings (SSSR count). The number of nitrogens with two attached hydrogens (primary N) is 1. The first kappa shape index (κ1) is 13.7. The molecule has 0 amide bonds. The van der Waals surface area contributed by atoms with E-state index in [0.29, 0.717) is 12.1 Å². The molecule has 0 aliphatic rings. The number of nitrogens with zero attached hydrogens (tertiary/aromatic N) is 3. The molecule has 1 aromatic carbocycles. The number of hydrogen-bond acceptors (Lipinski definition) is 5. The van der Waals surface area contributed by atoms with Gasteiger partial charge < -0.3 is 10.3 Å². The summed E-state index contributed by atoms with van der Waals surface area (Å²) < 4.78 is 1.77. The van der Waals surface area contributed by atoms with Crippen molar-refractivity contribution in [3.63, 3.8) is 0 Å². The lowest BCUT2D eigenvalue weighted by Crippen LogP contribution is -2.09. The van der Waals surface area contributed by atoms with E-state index in [0.717, 1.165) is 11.8 Å². The van der Waals surface area contributed by atoms with E-state index in [1.807, 2.05) is 6.07 Å². The lowest BCUT2D eigenvalue weighted by molar-refractivity contribution is -0.394. The maximum Gasteiger partial charge on any atom is 0.281 e. The van der Waals surface area contributed by atoms with Crippen LogP contribution in [0.3, 0.4) is 0 Å². The van der Waals surface area contributed by atoms with Crippen molar-refractivity contribution >= 4 is 11.4 Å². The maximum atomic E-state index is 11.0. The minimum absolute atomic E-state index is 0.244. The van der Waals surface area contributed by atoms with Gasteiger partial charge in [-0.2, -0.15) is 0 Å².